The third kappa shape index (κ3) is 10.3. The van der Waals surface area contributed by atoms with Gasteiger partial charge in [-0.25, -0.2) is 0 Å². The van der Waals surface area contributed by atoms with E-state index in [9.17, 15) is 4.79 Å². The van der Waals surface area contributed by atoms with Crippen LogP contribution in [0, 0.1) is 0 Å². The van der Waals surface area contributed by atoms with Gasteiger partial charge in [-0.3, -0.25) is 4.79 Å². The van der Waals surface area contributed by atoms with E-state index in [0.29, 0.717) is 19.6 Å². The second-order valence-electron chi connectivity index (χ2n) is 5.44. The Kier molecular flexibility index (Phi) is 8.17. The summed E-state index contributed by atoms with van der Waals surface area (Å²) in [5.74, 6) is 0.0947. The Morgan fingerprint density at radius 1 is 1.35 bits per heavy atom. The molecular formula is C13H28N2O2. The van der Waals surface area contributed by atoms with E-state index in [1.807, 2.05) is 0 Å². The van der Waals surface area contributed by atoms with Gasteiger partial charge in [0.1, 0.15) is 0 Å². The monoisotopic (exact) mass is 244 g/mol. The number of methoxy groups -OCH3 is 1. The van der Waals surface area contributed by atoms with Crippen LogP contribution in [0.4, 0.5) is 0 Å². The van der Waals surface area contributed by atoms with Gasteiger partial charge in [0.25, 0.3) is 0 Å². The number of hydrogen-bond acceptors (Lipinski definition) is 3. The van der Waals surface area contributed by atoms with Gasteiger partial charge < -0.3 is 15.4 Å². The maximum Gasteiger partial charge on any atom is 0.221 e. The van der Waals surface area contributed by atoms with Gasteiger partial charge in [-0.2, -0.15) is 0 Å². The zero-order valence-corrected chi connectivity index (χ0v) is 11.9. The van der Waals surface area contributed by atoms with Crippen LogP contribution in [-0.4, -0.2) is 37.7 Å². The highest BCUT2D eigenvalue weighted by Crippen LogP contribution is 2.00. The first kappa shape index (κ1) is 16.4. The van der Waals surface area contributed by atoms with E-state index < -0.39 is 0 Å². The van der Waals surface area contributed by atoms with Crippen LogP contribution in [0.2, 0.25) is 0 Å². The van der Waals surface area contributed by atoms with Crippen LogP contribution < -0.4 is 10.6 Å². The zero-order chi connectivity index (χ0) is 13.3. The highest BCUT2D eigenvalue weighted by Gasteiger charge is 2.13. The minimum atomic E-state index is 0.0651. The van der Waals surface area contributed by atoms with Gasteiger partial charge in [-0.1, -0.05) is 13.3 Å². The lowest BCUT2D eigenvalue weighted by atomic mass is 10.1. The van der Waals surface area contributed by atoms with E-state index in [1.165, 1.54) is 0 Å². The fraction of sp³-hybridized carbons (Fsp3) is 0.923. The molecule has 0 saturated carbocycles. The summed E-state index contributed by atoms with van der Waals surface area (Å²) >= 11 is 0. The average Bonchev–Trinajstić information content (AvgIpc) is 2.16. The zero-order valence-electron chi connectivity index (χ0n) is 11.9. The quantitative estimate of drug-likeness (QED) is 0.683. The van der Waals surface area contributed by atoms with E-state index in [2.05, 4.69) is 38.3 Å². The molecule has 0 aromatic rings. The normalized spacial score (nSPS) is 13.5. The van der Waals surface area contributed by atoms with E-state index in [1.54, 1.807) is 7.11 Å². The topological polar surface area (TPSA) is 50.4 Å². The summed E-state index contributed by atoms with van der Waals surface area (Å²) in [5.41, 5.74) is 0.0651. The van der Waals surface area contributed by atoms with Gasteiger partial charge in [-0.05, 0) is 27.2 Å². The number of ether oxygens (including phenoxy) is 1. The summed E-state index contributed by atoms with van der Waals surface area (Å²) in [6.45, 7) is 9.69. The molecule has 0 rings (SSSR count). The van der Waals surface area contributed by atoms with Crippen molar-refractivity contribution < 1.29 is 9.53 Å². The van der Waals surface area contributed by atoms with E-state index >= 15 is 0 Å². The smallest absolute Gasteiger partial charge is 0.221 e. The molecular weight excluding hydrogens is 216 g/mol. The molecule has 0 fully saturated rings. The second kappa shape index (κ2) is 8.48. The van der Waals surface area contributed by atoms with Gasteiger partial charge in [-0.15, -0.1) is 0 Å². The highest BCUT2D eigenvalue weighted by atomic mass is 16.5. The van der Waals surface area contributed by atoms with Crippen molar-refractivity contribution in [1.82, 2.24) is 10.6 Å². The standard InChI is InChI=1S/C13H28N2O2/c1-6-7-11(10-17-5)15-12(16)8-9-14-13(2,3)4/h11,14H,6-10H2,1-5H3,(H,15,16). The molecule has 1 unspecified atom stereocenters. The van der Waals surface area contributed by atoms with E-state index in [4.69, 9.17) is 4.74 Å². The Balaban J connectivity index is 3.81. The molecule has 4 heteroatoms. The molecule has 0 aliphatic rings. The molecule has 0 aromatic carbocycles. The lowest BCUT2D eigenvalue weighted by molar-refractivity contribution is -0.122. The third-order valence-electron chi connectivity index (χ3n) is 2.38. The van der Waals surface area contributed by atoms with Crippen LogP contribution in [-0.2, 0) is 9.53 Å². The van der Waals surface area contributed by atoms with Crippen molar-refractivity contribution in [2.45, 2.75) is 58.5 Å². The van der Waals surface area contributed by atoms with Crippen molar-refractivity contribution in [3.8, 4) is 0 Å². The van der Waals surface area contributed by atoms with E-state index in [0.717, 1.165) is 12.8 Å². The molecule has 2 N–H and O–H groups in total. The van der Waals surface area contributed by atoms with Crippen LogP contribution in [0.25, 0.3) is 0 Å². The predicted molar refractivity (Wildman–Crippen MR) is 71.1 cm³/mol. The molecule has 102 valence electrons. The molecule has 17 heavy (non-hydrogen) atoms. The highest BCUT2D eigenvalue weighted by molar-refractivity contribution is 5.76. The van der Waals surface area contributed by atoms with Crippen molar-refractivity contribution in [3.63, 3.8) is 0 Å². The first-order chi connectivity index (χ1) is 7.89. The molecule has 0 bridgehead atoms. The first-order valence-corrected chi connectivity index (χ1v) is 6.42. The average molecular weight is 244 g/mol. The van der Waals surface area contributed by atoms with E-state index in [-0.39, 0.29) is 17.5 Å². The van der Waals surface area contributed by atoms with Crippen LogP contribution in [0.15, 0.2) is 0 Å². The summed E-state index contributed by atoms with van der Waals surface area (Å²) in [4.78, 5) is 11.7. The molecule has 0 aromatic heterocycles. The SMILES string of the molecule is CCCC(COC)NC(=O)CCNC(C)(C)C. The fourth-order valence-corrected chi connectivity index (χ4v) is 1.60. The molecule has 0 aliphatic carbocycles. The largest absolute Gasteiger partial charge is 0.383 e. The predicted octanol–water partition coefficient (Wildman–Crippen LogP) is 1.70. The van der Waals surface area contributed by atoms with Gasteiger partial charge >= 0.3 is 0 Å². The molecule has 0 radical (unpaired) electrons. The Hall–Kier alpha value is -0.610. The van der Waals surface area contributed by atoms with Gasteiger partial charge in [0.05, 0.1) is 12.6 Å². The van der Waals surface area contributed by atoms with Crippen molar-refractivity contribution in [1.29, 1.82) is 0 Å². The minimum Gasteiger partial charge on any atom is -0.383 e. The van der Waals surface area contributed by atoms with Crippen molar-refractivity contribution in [2.75, 3.05) is 20.3 Å². The van der Waals surface area contributed by atoms with Crippen molar-refractivity contribution >= 4 is 5.91 Å². The molecule has 0 saturated heterocycles. The van der Waals surface area contributed by atoms with Gasteiger partial charge in [0, 0.05) is 25.6 Å². The molecule has 1 amide bonds. The first-order valence-electron chi connectivity index (χ1n) is 6.42. The Labute approximate surface area is 105 Å². The number of carbonyl (C=O) groups excluding carboxylic acids is 1. The van der Waals surface area contributed by atoms with Crippen LogP contribution in [0.1, 0.15) is 47.0 Å². The lowest BCUT2D eigenvalue weighted by Crippen LogP contribution is -2.41. The summed E-state index contributed by atoms with van der Waals surface area (Å²) in [7, 11) is 1.66. The lowest BCUT2D eigenvalue weighted by Gasteiger charge is -2.21. The number of nitrogens with one attached hydrogen (secondary N) is 2. The summed E-state index contributed by atoms with van der Waals surface area (Å²) in [5, 5.41) is 6.30. The number of amides is 1. The van der Waals surface area contributed by atoms with Gasteiger partial charge in [0.2, 0.25) is 5.91 Å². The van der Waals surface area contributed by atoms with Crippen LogP contribution >= 0.6 is 0 Å². The fourth-order valence-electron chi connectivity index (χ4n) is 1.60. The van der Waals surface area contributed by atoms with Crippen LogP contribution in [0.5, 0.6) is 0 Å². The van der Waals surface area contributed by atoms with Crippen LogP contribution in [0.3, 0.4) is 0 Å². The summed E-state index contributed by atoms with van der Waals surface area (Å²) in [6.07, 6.45) is 2.53. The summed E-state index contributed by atoms with van der Waals surface area (Å²) in [6, 6.07) is 0.145. The Morgan fingerprint density at radius 2 is 2.00 bits per heavy atom. The third-order valence-corrected chi connectivity index (χ3v) is 2.38. The molecule has 4 nitrogen and oxygen atoms in total. The molecule has 0 heterocycles. The van der Waals surface area contributed by atoms with Gasteiger partial charge in [0.15, 0.2) is 0 Å². The number of hydrogen-bond donors (Lipinski definition) is 2. The Morgan fingerprint density at radius 3 is 2.47 bits per heavy atom. The molecule has 1 atom stereocenters. The molecule has 0 spiro atoms. The minimum absolute atomic E-state index is 0.0651. The maximum absolute atomic E-state index is 11.7. The molecule has 0 aliphatic heterocycles. The Bertz CT molecular complexity index is 206. The van der Waals surface area contributed by atoms with Crippen molar-refractivity contribution in [3.05, 3.63) is 0 Å². The number of carbonyl (C=O) groups is 1. The number of rotatable bonds is 8. The van der Waals surface area contributed by atoms with Crippen molar-refractivity contribution in [2.24, 2.45) is 0 Å². The maximum atomic E-state index is 11.7. The summed E-state index contributed by atoms with van der Waals surface area (Å²) < 4.78 is 5.09. The second-order valence-corrected chi connectivity index (χ2v) is 5.44.